The van der Waals surface area contributed by atoms with Gasteiger partial charge in [0.2, 0.25) is 5.91 Å². The van der Waals surface area contributed by atoms with Gasteiger partial charge in [-0.2, -0.15) is 0 Å². The molecule has 1 fully saturated rings. The summed E-state index contributed by atoms with van der Waals surface area (Å²) in [5, 5.41) is 6.97. The Labute approximate surface area is 148 Å². The third kappa shape index (κ3) is 4.35. The molecule has 0 radical (unpaired) electrons. The van der Waals surface area contributed by atoms with Gasteiger partial charge < -0.3 is 10.6 Å². The monoisotopic (exact) mass is 351 g/mol. The zero-order valence-electron chi connectivity index (χ0n) is 15.0. The van der Waals surface area contributed by atoms with Gasteiger partial charge in [0.1, 0.15) is 10.4 Å². The maximum Gasteiger partial charge on any atom is 0.264 e. The summed E-state index contributed by atoms with van der Waals surface area (Å²) in [4.78, 5) is 30.6. The SMILES string of the molecule is CCCCc1nc(C)c(C(=O)NC2(C(=O)NCC)CCCCC2)s1. The molecule has 2 N–H and O–H groups in total. The summed E-state index contributed by atoms with van der Waals surface area (Å²) in [7, 11) is 0. The molecule has 0 aromatic carbocycles. The van der Waals surface area contributed by atoms with E-state index in [4.69, 9.17) is 0 Å². The fourth-order valence-corrected chi connectivity index (χ4v) is 4.27. The van der Waals surface area contributed by atoms with Crippen LogP contribution in [0.5, 0.6) is 0 Å². The minimum atomic E-state index is -0.759. The van der Waals surface area contributed by atoms with Crippen molar-refractivity contribution >= 4 is 23.2 Å². The standard InChI is InChI=1S/C18H29N3O2S/c1-4-6-10-14-20-13(3)15(24-14)16(22)21-18(17(23)19-5-2)11-8-7-9-12-18/h4-12H2,1-3H3,(H,19,23)(H,21,22). The van der Waals surface area contributed by atoms with Crippen molar-refractivity contribution < 1.29 is 9.59 Å². The van der Waals surface area contributed by atoms with Gasteiger partial charge in [0.25, 0.3) is 5.91 Å². The lowest BCUT2D eigenvalue weighted by atomic mass is 9.80. The van der Waals surface area contributed by atoms with Crippen molar-refractivity contribution in [3.8, 4) is 0 Å². The number of nitrogens with one attached hydrogen (secondary N) is 2. The average Bonchev–Trinajstić information content (AvgIpc) is 2.95. The van der Waals surface area contributed by atoms with E-state index in [9.17, 15) is 9.59 Å². The molecule has 1 saturated carbocycles. The van der Waals surface area contributed by atoms with Crippen LogP contribution in [0.4, 0.5) is 0 Å². The third-order valence-electron chi connectivity index (χ3n) is 4.62. The molecule has 1 aliphatic carbocycles. The molecule has 0 atom stereocenters. The molecule has 0 aliphatic heterocycles. The van der Waals surface area contributed by atoms with Crippen LogP contribution in [0.25, 0.3) is 0 Å². The van der Waals surface area contributed by atoms with Crippen LogP contribution in [0.15, 0.2) is 0 Å². The summed E-state index contributed by atoms with van der Waals surface area (Å²) in [6.45, 7) is 6.51. The summed E-state index contributed by atoms with van der Waals surface area (Å²) >= 11 is 1.47. The maximum absolute atomic E-state index is 12.8. The van der Waals surface area contributed by atoms with Gasteiger partial charge in [0.05, 0.1) is 10.7 Å². The predicted molar refractivity (Wildman–Crippen MR) is 97.4 cm³/mol. The van der Waals surface area contributed by atoms with E-state index in [1.54, 1.807) is 0 Å². The van der Waals surface area contributed by atoms with E-state index >= 15 is 0 Å². The van der Waals surface area contributed by atoms with Gasteiger partial charge in [-0.1, -0.05) is 32.6 Å². The highest BCUT2D eigenvalue weighted by atomic mass is 32.1. The molecule has 1 heterocycles. The van der Waals surface area contributed by atoms with Crippen molar-refractivity contribution in [2.75, 3.05) is 6.54 Å². The van der Waals surface area contributed by atoms with Gasteiger partial charge in [-0.05, 0) is 39.5 Å². The van der Waals surface area contributed by atoms with Crippen molar-refractivity contribution in [2.24, 2.45) is 0 Å². The van der Waals surface area contributed by atoms with Crippen LogP contribution in [0, 0.1) is 6.92 Å². The lowest BCUT2D eigenvalue weighted by Gasteiger charge is -2.36. The summed E-state index contributed by atoms with van der Waals surface area (Å²) in [5.74, 6) is -0.202. The molecule has 2 amide bonds. The largest absolute Gasteiger partial charge is 0.354 e. The number of likely N-dealkylation sites (N-methyl/N-ethyl adjacent to an activating group) is 1. The molecule has 0 spiro atoms. The van der Waals surface area contributed by atoms with E-state index < -0.39 is 5.54 Å². The van der Waals surface area contributed by atoms with Crippen LogP contribution in [0.1, 0.15) is 79.2 Å². The lowest BCUT2D eigenvalue weighted by Crippen LogP contribution is -2.59. The quantitative estimate of drug-likeness (QED) is 0.791. The molecule has 1 aliphatic rings. The number of carbonyl (C=O) groups is 2. The fraction of sp³-hybridized carbons (Fsp3) is 0.722. The van der Waals surface area contributed by atoms with E-state index in [2.05, 4.69) is 22.5 Å². The Morgan fingerprint density at radius 2 is 1.92 bits per heavy atom. The number of aryl methyl sites for hydroxylation is 2. The number of aromatic nitrogens is 1. The van der Waals surface area contributed by atoms with Gasteiger partial charge in [0.15, 0.2) is 0 Å². The highest BCUT2D eigenvalue weighted by Gasteiger charge is 2.41. The topological polar surface area (TPSA) is 71.1 Å². The summed E-state index contributed by atoms with van der Waals surface area (Å²) in [5.41, 5.74) is 0.0104. The van der Waals surface area contributed by atoms with Crippen LogP contribution < -0.4 is 10.6 Å². The zero-order chi connectivity index (χ0) is 17.6. The molecule has 1 aromatic rings. The van der Waals surface area contributed by atoms with Gasteiger partial charge >= 0.3 is 0 Å². The first-order valence-electron chi connectivity index (χ1n) is 9.09. The Morgan fingerprint density at radius 3 is 2.54 bits per heavy atom. The first-order valence-corrected chi connectivity index (χ1v) is 9.91. The molecule has 0 unspecified atom stereocenters. The molecule has 6 heteroatoms. The second-order valence-corrected chi connectivity index (χ2v) is 7.67. The smallest absolute Gasteiger partial charge is 0.264 e. The molecular weight excluding hydrogens is 322 g/mol. The molecule has 1 aromatic heterocycles. The number of amides is 2. The summed E-state index contributed by atoms with van der Waals surface area (Å²) in [6, 6.07) is 0. The molecule has 0 saturated heterocycles. The van der Waals surface area contributed by atoms with E-state index in [0.717, 1.165) is 49.2 Å². The Balaban J connectivity index is 2.15. The molecule has 24 heavy (non-hydrogen) atoms. The number of carbonyl (C=O) groups excluding carboxylic acids is 2. The zero-order valence-corrected chi connectivity index (χ0v) is 15.9. The molecule has 2 rings (SSSR count). The fourth-order valence-electron chi connectivity index (χ4n) is 3.27. The van der Waals surface area contributed by atoms with E-state index in [-0.39, 0.29) is 11.8 Å². The van der Waals surface area contributed by atoms with Crippen LogP contribution in [-0.2, 0) is 11.2 Å². The Kier molecular flexibility index (Phi) is 6.78. The minimum Gasteiger partial charge on any atom is -0.354 e. The van der Waals surface area contributed by atoms with Crippen molar-refractivity contribution in [2.45, 2.75) is 77.7 Å². The number of hydrogen-bond acceptors (Lipinski definition) is 4. The second kappa shape index (κ2) is 8.60. The highest BCUT2D eigenvalue weighted by Crippen LogP contribution is 2.30. The molecule has 5 nitrogen and oxygen atoms in total. The predicted octanol–water partition coefficient (Wildman–Crippen LogP) is 3.36. The van der Waals surface area contributed by atoms with Crippen LogP contribution >= 0.6 is 11.3 Å². The van der Waals surface area contributed by atoms with Crippen molar-refractivity contribution in [3.63, 3.8) is 0 Å². The van der Waals surface area contributed by atoms with Crippen LogP contribution in [0.2, 0.25) is 0 Å². The van der Waals surface area contributed by atoms with Crippen molar-refractivity contribution in [1.29, 1.82) is 0 Å². The average molecular weight is 352 g/mol. The third-order valence-corrected chi connectivity index (χ3v) is 5.84. The van der Waals surface area contributed by atoms with E-state index in [1.807, 2.05) is 13.8 Å². The van der Waals surface area contributed by atoms with Gasteiger partial charge in [-0.3, -0.25) is 9.59 Å². The minimum absolute atomic E-state index is 0.0496. The summed E-state index contributed by atoms with van der Waals surface area (Å²) in [6.07, 6.45) is 7.60. The van der Waals surface area contributed by atoms with E-state index in [0.29, 0.717) is 24.3 Å². The van der Waals surface area contributed by atoms with Gasteiger partial charge in [-0.15, -0.1) is 11.3 Å². The number of hydrogen-bond donors (Lipinski definition) is 2. The first kappa shape index (κ1) is 18.9. The second-order valence-electron chi connectivity index (χ2n) is 6.58. The summed E-state index contributed by atoms with van der Waals surface area (Å²) < 4.78 is 0. The number of unbranched alkanes of at least 4 members (excludes halogenated alkanes) is 1. The maximum atomic E-state index is 12.8. The molecule has 0 bridgehead atoms. The van der Waals surface area contributed by atoms with Gasteiger partial charge in [-0.25, -0.2) is 4.98 Å². The Morgan fingerprint density at radius 1 is 1.21 bits per heavy atom. The Hall–Kier alpha value is -1.43. The van der Waals surface area contributed by atoms with Crippen molar-refractivity contribution in [3.05, 3.63) is 15.6 Å². The lowest BCUT2D eigenvalue weighted by molar-refractivity contribution is -0.128. The number of nitrogens with zero attached hydrogens (tertiary/aromatic N) is 1. The first-order chi connectivity index (χ1) is 11.5. The van der Waals surface area contributed by atoms with Crippen LogP contribution in [0.3, 0.4) is 0 Å². The number of thiazole rings is 1. The van der Waals surface area contributed by atoms with E-state index in [1.165, 1.54) is 11.3 Å². The van der Waals surface area contributed by atoms with Crippen LogP contribution in [-0.4, -0.2) is 28.9 Å². The van der Waals surface area contributed by atoms with Crippen molar-refractivity contribution in [1.82, 2.24) is 15.6 Å². The number of rotatable bonds is 7. The Bertz CT molecular complexity index is 577. The molecular formula is C18H29N3O2S. The normalized spacial score (nSPS) is 16.6. The highest BCUT2D eigenvalue weighted by molar-refractivity contribution is 7.13. The molecule has 134 valence electrons. The van der Waals surface area contributed by atoms with Gasteiger partial charge in [0, 0.05) is 6.54 Å².